The van der Waals surface area contributed by atoms with Crippen LogP contribution in [0.3, 0.4) is 0 Å². The minimum absolute atomic E-state index is 0.552. The lowest BCUT2D eigenvalue weighted by molar-refractivity contribution is 0.413. The van der Waals surface area contributed by atoms with E-state index in [1.165, 1.54) is 27.1 Å². The van der Waals surface area contributed by atoms with Gasteiger partial charge in [0.15, 0.2) is 0 Å². The number of hydrogen-bond acceptors (Lipinski definition) is 3. The number of para-hydroxylation sites is 1. The van der Waals surface area contributed by atoms with Crippen LogP contribution in [0, 0.1) is 5.41 Å². The van der Waals surface area contributed by atoms with Gasteiger partial charge in [0.05, 0.1) is 12.8 Å². The zero-order chi connectivity index (χ0) is 18.5. The molecule has 0 unspecified atom stereocenters. The first kappa shape index (κ1) is 16.6. The van der Waals surface area contributed by atoms with Crippen molar-refractivity contribution < 1.29 is 4.74 Å². The first-order chi connectivity index (χ1) is 12.4. The summed E-state index contributed by atoms with van der Waals surface area (Å²) < 4.78 is 5.66. The summed E-state index contributed by atoms with van der Waals surface area (Å²) in [7, 11) is -0.252. The summed E-state index contributed by atoms with van der Waals surface area (Å²) in [6, 6.07) is 14.4. The summed E-state index contributed by atoms with van der Waals surface area (Å²) >= 11 is 0. The molecule has 4 rings (SSSR count). The molecule has 1 aliphatic carbocycles. The maximum absolute atomic E-state index is 8.15. The van der Waals surface area contributed by atoms with Crippen molar-refractivity contribution in [3.05, 3.63) is 82.6 Å². The van der Waals surface area contributed by atoms with Gasteiger partial charge in [0.2, 0.25) is 0 Å². The molecule has 4 heteroatoms. The molecule has 2 aromatic carbocycles. The molecule has 0 amide bonds. The number of fused-ring (bicyclic) bond motifs is 2. The monoisotopic (exact) mass is 358 g/mol. The fraction of sp³-hybridized carbons (Fsp3) is 0.136. The molecular weight excluding hydrogens is 336 g/mol. The Hall–Kier alpha value is -2.85. The Morgan fingerprint density at radius 3 is 2.54 bits per heavy atom. The molecule has 130 valence electrons. The molecule has 2 aliphatic rings. The van der Waals surface area contributed by atoms with Crippen LogP contribution in [0.2, 0.25) is 13.1 Å². The molecule has 2 aromatic rings. The number of nitrogen functional groups attached to an aromatic ring is 1. The summed E-state index contributed by atoms with van der Waals surface area (Å²) in [4.78, 5) is 0. The van der Waals surface area contributed by atoms with Crippen molar-refractivity contribution in [2.45, 2.75) is 13.1 Å². The number of ether oxygens (including phenoxy) is 1. The van der Waals surface area contributed by atoms with Crippen LogP contribution in [0.4, 0.5) is 5.69 Å². The molecule has 0 radical (unpaired) electrons. The first-order valence-electron chi connectivity index (χ1n) is 8.70. The van der Waals surface area contributed by atoms with Crippen LogP contribution in [0.25, 0.3) is 5.57 Å². The van der Waals surface area contributed by atoms with Crippen molar-refractivity contribution in [3.63, 3.8) is 0 Å². The van der Waals surface area contributed by atoms with Gasteiger partial charge >= 0.3 is 0 Å². The Balaban J connectivity index is 2.13. The predicted octanol–water partition coefficient (Wildman–Crippen LogP) is 4.06. The highest BCUT2D eigenvalue weighted by molar-refractivity contribution is 6.98. The van der Waals surface area contributed by atoms with Gasteiger partial charge in [-0.15, -0.1) is 0 Å². The number of nitrogens with one attached hydrogen (secondary N) is 1. The highest BCUT2D eigenvalue weighted by atomic mass is 28.3. The van der Waals surface area contributed by atoms with E-state index < -0.39 is 8.07 Å². The Labute approximate surface area is 155 Å². The van der Waals surface area contributed by atoms with E-state index in [1.54, 1.807) is 7.11 Å². The van der Waals surface area contributed by atoms with Gasteiger partial charge in [0.1, 0.15) is 13.8 Å². The lowest BCUT2D eigenvalue weighted by atomic mass is 9.89. The molecular formula is C22H22N2OSi. The number of nitrogens with two attached hydrogens (primary N) is 1. The molecule has 0 spiro atoms. The van der Waals surface area contributed by atoms with E-state index in [2.05, 4.69) is 37.4 Å². The standard InChI is InChI=1S/C22H22N2OSi/c1-25-19-7-5-4-6-16(19)22-17-10-8-14(23)12-20(17)26(2,3)21-13-15(24)9-11-18(21)22/h4-13,23H,24H2,1-3H3. The summed E-state index contributed by atoms with van der Waals surface area (Å²) in [5.41, 5.74) is 12.2. The van der Waals surface area contributed by atoms with Gasteiger partial charge in [-0.2, -0.15) is 0 Å². The van der Waals surface area contributed by atoms with E-state index in [0.29, 0.717) is 5.71 Å². The summed E-state index contributed by atoms with van der Waals surface area (Å²) in [6.45, 7) is 4.67. The average Bonchev–Trinajstić information content (AvgIpc) is 2.63. The normalized spacial score (nSPS) is 17.5. The van der Waals surface area contributed by atoms with E-state index >= 15 is 0 Å². The van der Waals surface area contributed by atoms with Crippen molar-refractivity contribution in [2.24, 2.45) is 0 Å². The van der Waals surface area contributed by atoms with Crippen LogP contribution < -0.4 is 15.7 Å². The molecule has 0 fully saturated rings. The Bertz CT molecular complexity index is 1030. The third-order valence-corrected chi connectivity index (χ3v) is 8.85. The number of anilines is 1. The fourth-order valence-corrected chi connectivity index (χ4v) is 7.11. The predicted molar refractivity (Wildman–Crippen MR) is 112 cm³/mol. The van der Waals surface area contributed by atoms with Crippen molar-refractivity contribution in [3.8, 4) is 5.75 Å². The fourth-order valence-electron chi connectivity index (χ4n) is 4.01. The molecule has 0 saturated carbocycles. The van der Waals surface area contributed by atoms with Gasteiger partial charge in [-0.3, -0.25) is 0 Å². The van der Waals surface area contributed by atoms with Crippen LogP contribution in [-0.4, -0.2) is 20.9 Å². The second-order valence-electron chi connectivity index (χ2n) is 7.27. The SMILES string of the molecule is COc1ccccc1C1=C2C=CC(=N)C=C2[Si](C)(C)c2cc(N)ccc21. The van der Waals surface area contributed by atoms with Crippen molar-refractivity contribution in [1.29, 1.82) is 5.41 Å². The Kier molecular flexibility index (Phi) is 3.74. The second kappa shape index (κ2) is 5.85. The van der Waals surface area contributed by atoms with Gasteiger partial charge in [0, 0.05) is 11.3 Å². The summed E-state index contributed by atoms with van der Waals surface area (Å²) in [5.74, 6) is 0.854. The van der Waals surface area contributed by atoms with E-state index in [1.807, 2.05) is 36.4 Å². The number of hydrogen-bond donors (Lipinski definition) is 2. The molecule has 3 N–H and O–H groups in total. The van der Waals surface area contributed by atoms with Crippen LogP contribution in [0.1, 0.15) is 11.1 Å². The minimum Gasteiger partial charge on any atom is -0.496 e. The van der Waals surface area contributed by atoms with E-state index in [9.17, 15) is 0 Å². The number of rotatable bonds is 2. The van der Waals surface area contributed by atoms with Crippen LogP contribution in [0.15, 0.2) is 71.5 Å². The van der Waals surface area contributed by atoms with Gasteiger partial charge in [0.25, 0.3) is 0 Å². The second-order valence-corrected chi connectivity index (χ2v) is 11.6. The van der Waals surface area contributed by atoms with Gasteiger partial charge in [-0.05, 0) is 57.4 Å². The topological polar surface area (TPSA) is 59.1 Å². The summed E-state index contributed by atoms with van der Waals surface area (Å²) in [5, 5.41) is 10.7. The highest BCUT2D eigenvalue weighted by Crippen LogP contribution is 2.43. The van der Waals surface area contributed by atoms with E-state index in [-0.39, 0.29) is 0 Å². The maximum Gasteiger partial charge on any atom is 0.126 e. The quantitative estimate of drug-likeness (QED) is 0.628. The van der Waals surface area contributed by atoms with Crippen molar-refractivity contribution in [2.75, 3.05) is 12.8 Å². The Morgan fingerprint density at radius 2 is 1.77 bits per heavy atom. The number of benzene rings is 2. The highest BCUT2D eigenvalue weighted by Gasteiger charge is 2.39. The van der Waals surface area contributed by atoms with Gasteiger partial charge < -0.3 is 15.9 Å². The molecule has 1 aliphatic heterocycles. The molecule has 0 saturated heterocycles. The molecule has 3 nitrogen and oxygen atoms in total. The van der Waals surface area contributed by atoms with Crippen LogP contribution >= 0.6 is 0 Å². The van der Waals surface area contributed by atoms with Gasteiger partial charge in [-0.25, -0.2) is 0 Å². The first-order valence-corrected chi connectivity index (χ1v) is 11.7. The lowest BCUT2D eigenvalue weighted by Gasteiger charge is -2.38. The third-order valence-electron chi connectivity index (χ3n) is 5.32. The third kappa shape index (κ3) is 2.37. The smallest absolute Gasteiger partial charge is 0.126 e. The largest absolute Gasteiger partial charge is 0.496 e. The average molecular weight is 359 g/mol. The molecule has 0 atom stereocenters. The van der Waals surface area contributed by atoms with Crippen molar-refractivity contribution in [1.82, 2.24) is 0 Å². The van der Waals surface area contributed by atoms with E-state index in [4.69, 9.17) is 15.9 Å². The molecule has 26 heavy (non-hydrogen) atoms. The van der Waals surface area contributed by atoms with Crippen LogP contribution in [0.5, 0.6) is 5.75 Å². The minimum atomic E-state index is -1.96. The number of allylic oxidation sites excluding steroid dienone is 5. The van der Waals surface area contributed by atoms with Gasteiger partial charge in [-0.1, -0.05) is 43.4 Å². The number of methoxy groups -OCH3 is 1. The molecule has 0 aromatic heterocycles. The zero-order valence-corrected chi connectivity index (χ0v) is 16.3. The Morgan fingerprint density at radius 1 is 1.00 bits per heavy atom. The molecule has 0 bridgehead atoms. The van der Waals surface area contributed by atoms with E-state index in [0.717, 1.165) is 17.0 Å². The lowest BCUT2D eigenvalue weighted by Crippen LogP contribution is -2.49. The van der Waals surface area contributed by atoms with Crippen molar-refractivity contribution >= 4 is 30.2 Å². The maximum atomic E-state index is 8.15. The van der Waals surface area contributed by atoms with Crippen LogP contribution in [-0.2, 0) is 0 Å². The zero-order valence-electron chi connectivity index (χ0n) is 15.3. The molecule has 1 heterocycles. The summed E-state index contributed by atoms with van der Waals surface area (Å²) in [6.07, 6.45) is 6.00.